The summed E-state index contributed by atoms with van der Waals surface area (Å²) >= 11 is 0. The van der Waals surface area contributed by atoms with E-state index in [0.29, 0.717) is 0 Å². The first kappa shape index (κ1) is 19.2. The van der Waals surface area contributed by atoms with E-state index in [9.17, 15) is 0 Å². The van der Waals surface area contributed by atoms with Gasteiger partial charge < -0.3 is 0 Å². The van der Waals surface area contributed by atoms with Gasteiger partial charge in [-0.15, -0.1) is 0 Å². The molecular formula is C28H31N2+. The molecule has 0 unspecified atom stereocenters. The lowest BCUT2D eigenvalue weighted by atomic mass is 9.74. The maximum atomic E-state index is 5.13. The molecule has 0 saturated heterocycles. The van der Waals surface area contributed by atoms with Gasteiger partial charge in [-0.3, -0.25) is 0 Å². The molecule has 2 heteroatoms. The largest absolute Gasteiger partial charge is 0.241 e. The quantitative estimate of drug-likeness (QED) is 0.274. The Kier molecular flexibility index (Phi) is 4.25. The maximum absolute atomic E-state index is 5.13. The molecule has 1 aliphatic rings. The third-order valence-electron chi connectivity index (χ3n) is 7.51. The molecule has 2 nitrogen and oxygen atoms in total. The highest BCUT2D eigenvalue weighted by Gasteiger charge is 2.47. The van der Waals surface area contributed by atoms with Crippen molar-refractivity contribution in [2.75, 3.05) is 0 Å². The van der Waals surface area contributed by atoms with Crippen LogP contribution in [0.5, 0.6) is 0 Å². The zero-order valence-corrected chi connectivity index (χ0v) is 18.9. The van der Waals surface area contributed by atoms with Crippen molar-refractivity contribution < 1.29 is 4.57 Å². The first-order valence-corrected chi connectivity index (χ1v) is 11.4. The Morgan fingerprint density at radius 1 is 0.933 bits per heavy atom. The summed E-state index contributed by atoms with van der Waals surface area (Å²) < 4.78 is 2.53. The third kappa shape index (κ3) is 2.25. The van der Waals surface area contributed by atoms with E-state index >= 15 is 0 Å². The van der Waals surface area contributed by atoms with Gasteiger partial charge in [0.1, 0.15) is 11.2 Å². The fourth-order valence-corrected chi connectivity index (χ4v) is 5.78. The van der Waals surface area contributed by atoms with Crippen LogP contribution in [0.2, 0.25) is 0 Å². The van der Waals surface area contributed by atoms with Gasteiger partial charge in [-0.2, -0.15) is 4.57 Å². The lowest BCUT2D eigenvalue weighted by Crippen LogP contribution is -2.58. The van der Waals surface area contributed by atoms with Crippen molar-refractivity contribution in [1.82, 2.24) is 4.98 Å². The summed E-state index contributed by atoms with van der Waals surface area (Å²) in [5.41, 5.74) is 8.80. The minimum absolute atomic E-state index is 0.104. The molecule has 152 valence electrons. The highest BCUT2D eigenvalue weighted by atomic mass is 15.1. The monoisotopic (exact) mass is 395 g/mol. The highest BCUT2D eigenvalue weighted by molar-refractivity contribution is 6.25. The number of hydrogen-bond acceptors (Lipinski definition) is 1. The van der Waals surface area contributed by atoms with Crippen LogP contribution in [-0.4, -0.2) is 4.98 Å². The number of aryl methyl sites for hydroxylation is 3. The van der Waals surface area contributed by atoms with Crippen molar-refractivity contribution >= 4 is 38.2 Å². The molecule has 2 heterocycles. The van der Waals surface area contributed by atoms with Gasteiger partial charge in [0.05, 0.1) is 5.39 Å². The Labute approximate surface area is 179 Å². The van der Waals surface area contributed by atoms with E-state index in [0.717, 1.165) is 36.9 Å². The predicted octanol–water partition coefficient (Wildman–Crippen LogP) is 6.80. The van der Waals surface area contributed by atoms with Crippen molar-refractivity contribution in [2.45, 2.75) is 65.8 Å². The minimum atomic E-state index is -0.104. The third-order valence-corrected chi connectivity index (χ3v) is 7.51. The summed E-state index contributed by atoms with van der Waals surface area (Å²) in [5.74, 6) is 0. The molecule has 4 aromatic rings. The lowest BCUT2D eigenvalue weighted by Gasteiger charge is -2.35. The fourth-order valence-electron chi connectivity index (χ4n) is 5.78. The van der Waals surface area contributed by atoms with Crippen molar-refractivity contribution in [1.29, 1.82) is 0 Å². The van der Waals surface area contributed by atoms with Crippen LogP contribution in [-0.2, 0) is 18.4 Å². The second kappa shape index (κ2) is 6.63. The van der Waals surface area contributed by atoms with Gasteiger partial charge in [-0.1, -0.05) is 58.5 Å². The minimum Gasteiger partial charge on any atom is -0.240 e. The lowest BCUT2D eigenvalue weighted by molar-refractivity contribution is -0.727. The molecule has 0 radical (unpaired) electrons. The summed E-state index contributed by atoms with van der Waals surface area (Å²) in [4.78, 5) is 5.13. The first-order valence-electron chi connectivity index (χ1n) is 11.4. The van der Waals surface area contributed by atoms with Crippen molar-refractivity contribution in [3.8, 4) is 0 Å². The normalized spacial score (nSPS) is 15.0. The van der Waals surface area contributed by atoms with Gasteiger partial charge in [0, 0.05) is 29.4 Å². The molecule has 0 saturated carbocycles. The van der Waals surface area contributed by atoms with Gasteiger partial charge >= 0.3 is 0 Å². The van der Waals surface area contributed by atoms with E-state index in [2.05, 4.69) is 75.7 Å². The Morgan fingerprint density at radius 3 is 2.33 bits per heavy atom. The predicted molar refractivity (Wildman–Crippen MR) is 128 cm³/mol. The van der Waals surface area contributed by atoms with Crippen LogP contribution >= 0.6 is 0 Å². The van der Waals surface area contributed by atoms with Gasteiger partial charge in [0.15, 0.2) is 11.7 Å². The topological polar surface area (TPSA) is 16.8 Å². The molecule has 5 rings (SSSR count). The van der Waals surface area contributed by atoms with E-state index in [1.54, 1.807) is 0 Å². The molecular weight excluding hydrogens is 364 g/mol. The SMILES string of the molecule is C=C1c2c(CC)ccc3c4ccc(CC)cc4c4nc(C)c[n+](c4c23)C1(CC)CC. The van der Waals surface area contributed by atoms with Crippen molar-refractivity contribution in [2.24, 2.45) is 0 Å². The average Bonchev–Trinajstić information content (AvgIpc) is 2.78. The van der Waals surface area contributed by atoms with Crippen LogP contribution in [0, 0.1) is 6.92 Å². The van der Waals surface area contributed by atoms with Crippen LogP contribution in [0.3, 0.4) is 0 Å². The van der Waals surface area contributed by atoms with Crippen molar-refractivity contribution in [3.63, 3.8) is 0 Å². The highest BCUT2D eigenvalue weighted by Crippen LogP contribution is 2.47. The number of nitrogens with zero attached hydrogens (tertiary/aromatic N) is 2. The number of benzene rings is 3. The maximum Gasteiger partial charge on any atom is 0.241 e. The molecule has 0 N–H and O–H groups in total. The molecule has 3 aromatic carbocycles. The second-order valence-electron chi connectivity index (χ2n) is 8.78. The van der Waals surface area contributed by atoms with E-state index in [-0.39, 0.29) is 5.54 Å². The zero-order valence-electron chi connectivity index (χ0n) is 18.9. The Morgan fingerprint density at radius 2 is 1.67 bits per heavy atom. The molecule has 1 aliphatic heterocycles. The molecule has 30 heavy (non-hydrogen) atoms. The molecule has 1 aromatic heterocycles. The number of aromatic nitrogens is 2. The summed E-state index contributed by atoms with van der Waals surface area (Å²) in [6, 6.07) is 11.6. The average molecular weight is 396 g/mol. The van der Waals surface area contributed by atoms with Crippen LogP contribution in [0.4, 0.5) is 0 Å². The summed E-state index contributed by atoms with van der Waals surface area (Å²) in [6.07, 6.45) is 6.36. The van der Waals surface area contributed by atoms with E-state index in [1.165, 1.54) is 49.3 Å². The van der Waals surface area contributed by atoms with Gasteiger partial charge in [-0.05, 0) is 47.7 Å². The zero-order chi connectivity index (χ0) is 21.2. The van der Waals surface area contributed by atoms with E-state index < -0.39 is 0 Å². The number of fused-ring (bicyclic) bond motifs is 3. The van der Waals surface area contributed by atoms with Crippen molar-refractivity contribution in [3.05, 3.63) is 65.5 Å². The standard InChI is InChI=1S/C28H31N2/c1-7-19-11-13-21-22-14-12-20(8-2)24-18(6)28(9-3,10-4)30-16-17(5)29-26(23(21)15-19)27(30)25(22)24/h11-16H,6-10H2,1-5H3/q+1. The van der Waals surface area contributed by atoms with Crippen LogP contribution in [0.15, 0.2) is 43.1 Å². The molecule has 0 spiro atoms. The Hall–Kier alpha value is -2.74. The smallest absolute Gasteiger partial charge is 0.240 e. The summed E-state index contributed by atoms with van der Waals surface area (Å²) in [7, 11) is 0. The van der Waals surface area contributed by atoms with E-state index in [4.69, 9.17) is 11.6 Å². The molecule has 0 aliphatic carbocycles. The van der Waals surface area contributed by atoms with Gasteiger partial charge in [-0.25, -0.2) is 4.98 Å². The van der Waals surface area contributed by atoms with Crippen LogP contribution < -0.4 is 4.57 Å². The molecule has 0 bridgehead atoms. The Balaban J connectivity index is 2.17. The Bertz CT molecular complexity index is 1360. The van der Waals surface area contributed by atoms with Gasteiger partial charge in [0.2, 0.25) is 5.52 Å². The number of allylic oxidation sites excluding steroid dienone is 1. The summed E-state index contributed by atoms with van der Waals surface area (Å²) in [5, 5.41) is 5.25. The van der Waals surface area contributed by atoms with E-state index in [1.807, 2.05) is 0 Å². The molecule has 0 atom stereocenters. The second-order valence-corrected chi connectivity index (χ2v) is 8.78. The first-order chi connectivity index (χ1) is 14.5. The van der Waals surface area contributed by atoms with Crippen LogP contribution in [0.1, 0.15) is 62.9 Å². The molecule has 0 amide bonds. The molecule has 0 fully saturated rings. The fraction of sp³-hybridized carbons (Fsp3) is 0.357. The number of rotatable bonds is 4. The van der Waals surface area contributed by atoms with Crippen LogP contribution in [0.25, 0.3) is 38.2 Å². The van der Waals surface area contributed by atoms with Gasteiger partial charge in [0.25, 0.3) is 0 Å². The number of hydrogen-bond donors (Lipinski definition) is 0. The summed E-state index contributed by atoms with van der Waals surface area (Å²) in [6.45, 7) is 15.9.